The molecule has 1 aliphatic rings. The van der Waals surface area contributed by atoms with Gasteiger partial charge in [-0.05, 0) is 48.4 Å². The molecule has 3 aromatic rings. The first-order valence-electron chi connectivity index (χ1n) is 10.6. The molecule has 2 aromatic carbocycles. The van der Waals surface area contributed by atoms with Crippen molar-refractivity contribution in [3.05, 3.63) is 89.8 Å². The van der Waals surface area contributed by atoms with Gasteiger partial charge < -0.3 is 14.6 Å². The Bertz CT molecular complexity index is 1210. The van der Waals surface area contributed by atoms with E-state index in [2.05, 4.69) is 4.98 Å². The fourth-order valence-electron chi connectivity index (χ4n) is 3.83. The quantitative estimate of drug-likeness (QED) is 0.328. The zero-order valence-corrected chi connectivity index (χ0v) is 18.4. The van der Waals surface area contributed by atoms with E-state index in [4.69, 9.17) is 9.47 Å². The van der Waals surface area contributed by atoms with Crippen LogP contribution in [0.1, 0.15) is 30.5 Å². The SMILES string of the molecule is CCCOc1cccc(N2C(=O)C(=O)/C(=C(/O)c3ccncc3)C2c2cccc(OC)c2)c1. The first-order chi connectivity index (χ1) is 16.0. The highest BCUT2D eigenvalue weighted by atomic mass is 16.5. The Labute approximate surface area is 191 Å². The van der Waals surface area contributed by atoms with E-state index in [-0.39, 0.29) is 11.3 Å². The molecule has 1 fully saturated rings. The second-order valence-electron chi connectivity index (χ2n) is 7.53. The van der Waals surface area contributed by atoms with Crippen LogP contribution < -0.4 is 14.4 Å². The molecule has 2 heterocycles. The molecule has 7 nitrogen and oxygen atoms in total. The number of hydrogen-bond donors (Lipinski definition) is 1. The highest BCUT2D eigenvalue weighted by molar-refractivity contribution is 6.51. The van der Waals surface area contributed by atoms with Crippen molar-refractivity contribution >= 4 is 23.1 Å². The van der Waals surface area contributed by atoms with Crippen molar-refractivity contribution in [1.82, 2.24) is 4.98 Å². The number of benzene rings is 2. The van der Waals surface area contributed by atoms with E-state index in [0.717, 1.165) is 6.42 Å². The van der Waals surface area contributed by atoms with Crippen LogP contribution in [0.4, 0.5) is 5.69 Å². The van der Waals surface area contributed by atoms with E-state index in [1.807, 2.05) is 6.92 Å². The lowest BCUT2D eigenvalue weighted by Gasteiger charge is -2.26. The van der Waals surface area contributed by atoms with Crippen molar-refractivity contribution < 1.29 is 24.2 Å². The summed E-state index contributed by atoms with van der Waals surface area (Å²) in [7, 11) is 1.54. The first kappa shape index (κ1) is 22.1. The first-order valence-corrected chi connectivity index (χ1v) is 10.6. The summed E-state index contributed by atoms with van der Waals surface area (Å²) in [4.78, 5) is 31.8. The van der Waals surface area contributed by atoms with Crippen LogP contribution in [0.15, 0.2) is 78.6 Å². The summed E-state index contributed by atoms with van der Waals surface area (Å²) < 4.78 is 11.1. The number of ketones is 1. The Morgan fingerprint density at radius 3 is 2.48 bits per heavy atom. The highest BCUT2D eigenvalue weighted by Gasteiger charge is 2.47. The van der Waals surface area contributed by atoms with Crippen molar-refractivity contribution in [3.8, 4) is 11.5 Å². The summed E-state index contributed by atoms with van der Waals surface area (Å²) >= 11 is 0. The maximum atomic E-state index is 13.3. The minimum atomic E-state index is -0.852. The number of anilines is 1. The van der Waals surface area contributed by atoms with Gasteiger partial charge in [0.15, 0.2) is 0 Å². The van der Waals surface area contributed by atoms with Crippen LogP contribution in [0.3, 0.4) is 0 Å². The van der Waals surface area contributed by atoms with Gasteiger partial charge in [0.2, 0.25) is 0 Å². The molecule has 0 aliphatic carbocycles. The number of nitrogens with zero attached hydrogens (tertiary/aromatic N) is 2. The Morgan fingerprint density at radius 2 is 1.76 bits per heavy atom. The Kier molecular flexibility index (Phi) is 6.40. The third kappa shape index (κ3) is 4.30. The number of pyridine rings is 1. The van der Waals surface area contributed by atoms with Crippen LogP contribution in [-0.2, 0) is 9.59 Å². The summed E-state index contributed by atoms with van der Waals surface area (Å²) in [6.45, 7) is 2.54. The van der Waals surface area contributed by atoms with E-state index in [0.29, 0.717) is 34.9 Å². The van der Waals surface area contributed by atoms with Gasteiger partial charge in [0, 0.05) is 29.7 Å². The molecule has 0 spiro atoms. The fraction of sp³-hybridized carbons (Fsp3) is 0.192. The van der Waals surface area contributed by atoms with Crippen LogP contribution in [0.5, 0.6) is 11.5 Å². The maximum absolute atomic E-state index is 13.3. The number of Topliss-reactive ketones (excluding diaryl/α,β-unsaturated/α-hetero) is 1. The van der Waals surface area contributed by atoms with Gasteiger partial charge in [-0.3, -0.25) is 19.5 Å². The van der Waals surface area contributed by atoms with Gasteiger partial charge in [0.1, 0.15) is 17.3 Å². The molecule has 168 valence electrons. The molecule has 0 saturated carbocycles. The van der Waals surface area contributed by atoms with Gasteiger partial charge in [-0.25, -0.2) is 0 Å². The molecule has 1 N–H and O–H groups in total. The van der Waals surface area contributed by atoms with Crippen LogP contribution in [-0.4, -0.2) is 35.5 Å². The molecule has 1 saturated heterocycles. The average Bonchev–Trinajstić information content (AvgIpc) is 3.13. The molecule has 1 unspecified atom stereocenters. The zero-order chi connectivity index (χ0) is 23.4. The van der Waals surface area contributed by atoms with Crippen LogP contribution >= 0.6 is 0 Å². The van der Waals surface area contributed by atoms with Crippen molar-refractivity contribution in [2.24, 2.45) is 0 Å². The molecule has 1 aliphatic heterocycles. The maximum Gasteiger partial charge on any atom is 0.300 e. The van der Waals surface area contributed by atoms with Gasteiger partial charge in [0.05, 0.1) is 25.3 Å². The average molecular weight is 444 g/mol. The van der Waals surface area contributed by atoms with Gasteiger partial charge in [0.25, 0.3) is 11.7 Å². The van der Waals surface area contributed by atoms with E-state index >= 15 is 0 Å². The highest BCUT2D eigenvalue weighted by Crippen LogP contribution is 2.43. The van der Waals surface area contributed by atoms with Gasteiger partial charge in [-0.1, -0.05) is 25.1 Å². The summed E-state index contributed by atoms with van der Waals surface area (Å²) in [5, 5.41) is 11.1. The number of rotatable bonds is 7. The number of methoxy groups -OCH3 is 1. The van der Waals surface area contributed by atoms with Crippen molar-refractivity contribution in [2.75, 3.05) is 18.6 Å². The Balaban J connectivity index is 1.90. The van der Waals surface area contributed by atoms with Crippen LogP contribution in [0.2, 0.25) is 0 Å². The second kappa shape index (κ2) is 9.56. The Hall–Kier alpha value is -4.13. The predicted molar refractivity (Wildman–Crippen MR) is 124 cm³/mol. The van der Waals surface area contributed by atoms with Crippen molar-refractivity contribution in [1.29, 1.82) is 0 Å². The number of aromatic nitrogens is 1. The third-order valence-corrected chi connectivity index (χ3v) is 5.38. The Morgan fingerprint density at radius 1 is 1.03 bits per heavy atom. The zero-order valence-electron chi connectivity index (χ0n) is 18.4. The number of hydrogen-bond acceptors (Lipinski definition) is 6. The van der Waals surface area contributed by atoms with E-state index in [9.17, 15) is 14.7 Å². The smallest absolute Gasteiger partial charge is 0.300 e. The number of carbonyl (C=O) groups is 2. The topological polar surface area (TPSA) is 89.0 Å². The van der Waals surface area contributed by atoms with E-state index < -0.39 is 17.7 Å². The number of aliphatic hydroxyl groups excluding tert-OH is 1. The molecule has 1 atom stereocenters. The molecular formula is C26H24N2O5. The molecule has 0 radical (unpaired) electrons. The second-order valence-corrected chi connectivity index (χ2v) is 7.53. The lowest BCUT2D eigenvalue weighted by atomic mass is 9.95. The molecule has 7 heteroatoms. The number of amides is 1. The number of ether oxygens (including phenoxy) is 2. The summed E-state index contributed by atoms with van der Waals surface area (Å²) in [6.07, 6.45) is 3.87. The summed E-state index contributed by atoms with van der Waals surface area (Å²) in [6, 6.07) is 16.5. The molecule has 33 heavy (non-hydrogen) atoms. The number of carbonyl (C=O) groups excluding carboxylic acids is 2. The fourth-order valence-corrected chi connectivity index (χ4v) is 3.83. The van der Waals surface area contributed by atoms with E-state index in [1.54, 1.807) is 67.8 Å². The molecule has 1 aromatic heterocycles. The molecule has 1 amide bonds. The third-order valence-electron chi connectivity index (χ3n) is 5.38. The van der Waals surface area contributed by atoms with Crippen LogP contribution in [0, 0.1) is 0 Å². The number of aliphatic hydroxyl groups is 1. The van der Waals surface area contributed by atoms with Crippen LogP contribution in [0.25, 0.3) is 5.76 Å². The van der Waals surface area contributed by atoms with Crippen molar-refractivity contribution in [3.63, 3.8) is 0 Å². The molecule has 0 bridgehead atoms. The summed E-state index contributed by atoms with van der Waals surface area (Å²) in [5.74, 6) is -0.593. The summed E-state index contributed by atoms with van der Waals surface area (Å²) in [5.41, 5.74) is 1.52. The lowest BCUT2D eigenvalue weighted by Crippen LogP contribution is -2.29. The standard InChI is InChI=1S/C26H24N2O5/c1-3-14-33-21-9-5-7-19(16-21)28-23(18-6-4-8-20(15-18)32-2)22(25(30)26(28)31)24(29)17-10-12-27-13-11-17/h4-13,15-16,23,29H,3,14H2,1-2H3/b24-22+. The largest absolute Gasteiger partial charge is 0.507 e. The minimum absolute atomic E-state index is 0.000618. The minimum Gasteiger partial charge on any atom is -0.507 e. The molecule has 4 rings (SSSR count). The van der Waals surface area contributed by atoms with Gasteiger partial charge >= 0.3 is 0 Å². The van der Waals surface area contributed by atoms with Gasteiger partial charge in [-0.15, -0.1) is 0 Å². The lowest BCUT2D eigenvalue weighted by molar-refractivity contribution is -0.132. The van der Waals surface area contributed by atoms with Gasteiger partial charge in [-0.2, -0.15) is 0 Å². The van der Waals surface area contributed by atoms with E-state index in [1.165, 1.54) is 17.3 Å². The predicted octanol–water partition coefficient (Wildman–Crippen LogP) is 4.51. The monoisotopic (exact) mass is 444 g/mol. The molecular weight excluding hydrogens is 420 g/mol. The van der Waals surface area contributed by atoms with Crippen molar-refractivity contribution in [2.45, 2.75) is 19.4 Å². The normalized spacial score (nSPS) is 17.3.